The van der Waals surface area contributed by atoms with Gasteiger partial charge in [-0.1, -0.05) is 25.0 Å². The van der Waals surface area contributed by atoms with E-state index in [9.17, 15) is 9.59 Å². The lowest BCUT2D eigenvalue weighted by molar-refractivity contribution is -0.117. The summed E-state index contributed by atoms with van der Waals surface area (Å²) < 4.78 is 0. The van der Waals surface area contributed by atoms with Gasteiger partial charge < -0.3 is 15.1 Å². The molecule has 5 heteroatoms. The summed E-state index contributed by atoms with van der Waals surface area (Å²) >= 11 is 0. The molecule has 2 aromatic carbocycles. The van der Waals surface area contributed by atoms with Crippen molar-refractivity contribution < 1.29 is 9.59 Å². The van der Waals surface area contributed by atoms with Crippen molar-refractivity contribution in [1.82, 2.24) is 0 Å². The molecule has 0 radical (unpaired) electrons. The normalized spacial score (nSPS) is 17.5. The lowest BCUT2D eigenvalue weighted by Crippen LogP contribution is -2.26. The van der Waals surface area contributed by atoms with Crippen LogP contribution in [0.4, 0.5) is 17.1 Å². The Kier molecular flexibility index (Phi) is 5.60. The van der Waals surface area contributed by atoms with E-state index in [-0.39, 0.29) is 11.8 Å². The molecule has 146 valence electrons. The van der Waals surface area contributed by atoms with Gasteiger partial charge in [-0.3, -0.25) is 9.59 Å². The number of benzene rings is 2. The number of hydrogen-bond donors (Lipinski definition) is 1. The van der Waals surface area contributed by atoms with Gasteiger partial charge in [-0.15, -0.1) is 0 Å². The van der Waals surface area contributed by atoms with Crippen LogP contribution in [0, 0.1) is 0 Å². The van der Waals surface area contributed by atoms with E-state index < -0.39 is 0 Å². The van der Waals surface area contributed by atoms with Crippen LogP contribution in [-0.4, -0.2) is 31.4 Å². The van der Waals surface area contributed by atoms with Crippen molar-refractivity contribution in [2.24, 2.45) is 0 Å². The van der Waals surface area contributed by atoms with Crippen LogP contribution in [0.25, 0.3) is 0 Å². The highest BCUT2D eigenvalue weighted by Crippen LogP contribution is 2.29. The van der Waals surface area contributed by atoms with Crippen LogP contribution in [0.2, 0.25) is 0 Å². The predicted molar refractivity (Wildman–Crippen MR) is 113 cm³/mol. The van der Waals surface area contributed by atoms with Crippen molar-refractivity contribution >= 4 is 28.9 Å². The predicted octanol–water partition coefficient (Wildman–Crippen LogP) is 4.45. The first-order chi connectivity index (χ1) is 13.7. The second-order valence-corrected chi connectivity index (χ2v) is 7.57. The molecule has 0 unspecified atom stereocenters. The van der Waals surface area contributed by atoms with Crippen LogP contribution in [-0.2, 0) is 4.79 Å². The SMILES string of the molecule is O=C(Nc1ccccc1N1CCCCCC1)c1ccc(N2CCCC2=O)cc1. The summed E-state index contributed by atoms with van der Waals surface area (Å²) in [5, 5.41) is 3.08. The monoisotopic (exact) mass is 377 g/mol. The maximum atomic E-state index is 12.8. The number of nitrogens with zero attached hydrogens (tertiary/aromatic N) is 2. The van der Waals surface area contributed by atoms with Crippen LogP contribution in [0.3, 0.4) is 0 Å². The number of nitrogens with one attached hydrogen (secondary N) is 1. The average Bonchev–Trinajstić information content (AvgIpc) is 2.98. The topological polar surface area (TPSA) is 52.7 Å². The second kappa shape index (κ2) is 8.46. The summed E-state index contributed by atoms with van der Waals surface area (Å²) in [5.74, 6) is 0.0325. The third-order valence-electron chi connectivity index (χ3n) is 5.61. The molecule has 2 fully saturated rings. The quantitative estimate of drug-likeness (QED) is 0.857. The van der Waals surface area contributed by atoms with Crippen LogP contribution in [0.1, 0.15) is 48.9 Å². The molecule has 0 bridgehead atoms. The van der Waals surface area contributed by atoms with E-state index in [1.807, 2.05) is 30.3 Å². The molecule has 4 rings (SSSR count). The Morgan fingerprint density at radius 2 is 1.54 bits per heavy atom. The van der Waals surface area contributed by atoms with E-state index in [4.69, 9.17) is 0 Å². The molecule has 5 nitrogen and oxygen atoms in total. The minimum atomic E-state index is -0.124. The zero-order valence-electron chi connectivity index (χ0n) is 16.2. The number of carbonyl (C=O) groups excluding carboxylic acids is 2. The number of carbonyl (C=O) groups is 2. The number of rotatable bonds is 4. The second-order valence-electron chi connectivity index (χ2n) is 7.57. The number of anilines is 3. The zero-order valence-corrected chi connectivity index (χ0v) is 16.2. The molecule has 0 aliphatic carbocycles. The number of para-hydroxylation sites is 2. The Hall–Kier alpha value is -2.82. The maximum Gasteiger partial charge on any atom is 0.255 e. The van der Waals surface area contributed by atoms with Gasteiger partial charge in [0.25, 0.3) is 5.91 Å². The lowest BCUT2D eigenvalue weighted by Gasteiger charge is -2.25. The molecule has 0 aromatic heterocycles. The summed E-state index contributed by atoms with van der Waals surface area (Å²) in [6, 6.07) is 15.3. The van der Waals surface area contributed by atoms with Crippen molar-refractivity contribution in [1.29, 1.82) is 0 Å². The molecule has 2 amide bonds. The molecule has 0 spiro atoms. The van der Waals surface area contributed by atoms with Crippen molar-refractivity contribution in [3.8, 4) is 0 Å². The number of amides is 2. The highest BCUT2D eigenvalue weighted by molar-refractivity contribution is 6.06. The van der Waals surface area contributed by atoms with Crippen LogP contribution in [0.15, 0.2) is 48.5 Å². The maximum absolute atomic E-state index is 12.8. The van der Waals surface area contributed by atoms with Gasteiger partial charge in [0, 0.05) is 37.3 Å². The molecular weight excluding hydrogens is 350 g/mol. The molecule has 2 aliphatic rings. The summed E-state index contributed by atoms with van der Waals surface area (Å²) in [4.78, 5) is 28.9. The van der Waals surface area contributed by atoms with Gasteiger partial charge in [0.15, 0.2) is 0 Å². The van der Waals surface area contributed by atoms with Gasteiger partial charge in [0.05, 0.1) is 11.4 Å². The minimum absolute atomic E-state index is 0.124. The van der Waals surface area contributed by atoms with Crippen LogP contribution >= 0.6 is 0 Å². The molecule has 2 saturated heterocycles. The molecule has 1 N–H and O–H groups in total. The fraction of sp³-hybridized carbons (Fsp3) is 0.391. The van der Waals surface area contributed by atoms with E-state index in [1.165, 1.54) is 25.7 Å². The van der Waals surface area contributed by atoms with Gasteiger partial charge in [-0.25, -0.2) is 0 Å². The Morgan fingerprint density at radius 3 is 2.21 bits per heavy atom. The molecule has 2 heterocycles. The van der Waals surface area contributed by atoms with Crippen molar-refractivity contribution in [3.05, 3.63) is 54.1 Å². The fourth-order valence-electron chi connectivity index (χ4n) is 4.08. The standard InChI is InChI=1S/C23H27N3O2/c27-22-10-7-17-26(22)19-13-11-18(12-14-19)23(28)24-20-8-3-4-9-21(20)25-15-5-1-2-6-16-25/h3-4,8-9,11-14H,1-2,5-7,10,15-17H2,(H,24,28). The van der Waals surface area contributed by atoms with Crippen LogP contribution in [0.5, 0.6) is 0 Å². The highest BCUT2D eigenvalue weighted by Gasteiger charge is 2.22. The molecule has 0 atom stereocenters. The van der Waals surface area contributed by atoms with Crippen LogP contribution < -0.4 is 15.1 Å². The van der Waals surface area contributed by atoms with Crippen molar-refractivity contribution in [2.75, 3.05) is 34.8 Å². The first-order valence-corrected chi connectivity index (χ1v) is 10.3. The first kappa shape index (κ1) is 18.5. The zero-order chi connectivity index (χ0) is 19.3. The van der Waals surface area contributed by atoms with E-state index in [0.29, 0.717) is 12.0 Å². The molecular formula is C23H27N3O2. The minimum Gasteiger partial charge on any atom is -0.370 e. The molecule has 2 aromatic rings. The summed E-state index contributed by atoms with van der Waals surface area (Å²) in [5.41, 5.74) is 3.41. The van der Waals surface area contributed by atoms with Gasteiger partial charge in [-0.2, -0.15) is 0 Å². The third-order valence-corrected chi connectivity index (χ3v) is 5.61. The van der Waals surface area contributed by atoms with Crippen molar-refractivity contribution in [3.63, 3.8) is 0 Å². The Labute approximate surface area is 166 Å². The first-order valence-electron chi connectivity index (χ1n) is 10.3. The summed E-state index contributed by atoms with van der Waals surface area (Å²) in [6.45, 7) is 2.82. The van der Waals surface area contributed by atoms with E-state index in [1.54, 1.807) is 17.0 Å². The lowest BCUT2D eigenvalue weighted by atomic mass is 10.1. The van der Waals surface area contributed by atoms with E-state index in [2.05, 4.69) is 16.3 Å². The third kappa shape index (κ3) is 4.03. The number of hydrogen-bond acceptors (Lipinski definition) is 3. The van der Waals surface area contributed by atoms with E-state index in [0.717, 1.165) is 43.1 Å². The average molecular weight is 377 g/mol. The summed E-state index contributed by atoms with van der Waals surface area (Å²) in [7, 11) is 0. The molecule has 2 aliphatic heterocycles. The molecule has 28 heavy (non-hydrogen) atoms. The highest BCUT2D eigenvalue weighted by atomic mass is 16.2. The Balaban J connectivity index is 1.48. The van der Waals surface area contributed by atoms with Crippen molar-refractivity contribution in [2.45, 2.75) is 38.5 Å². The van der Waals surface area contributed by atoms with Gasteiger partial charge in [0.1, 0.15) is 0 Å². The van der Waals surface area contributed by atoms with Gasteiger partial charge >= 0.3 is 0 Å². The van der Waals surface area contributed by atoms with Gasteiger partial charge in [-0.05, 0) is 55.7 Å². The Bertz CT molecular complexity index is 839. The smallest absolute Gasteiger partial charge is 0.255 e. The summed E-state index contributed by atoms with van der Waals surface area (Å²) in [6.07, 6.45) is 6.44. The Morgan fingerprint density at radius 1 is 0.821 bits per heavy atom. The van der Waals surface area contributed by atoms with E-state index >= 15 is 0 Å². The molecule has 0 saturated carbocycles. The van der Waals surface area contributed by atoms with Gasteiger partial charge in [0.2, 0.25) is 5.91 Å². The fourth-order valence-corrected chi connectivity index (χ4v) is 4.08. The largest absolute Gasteiger partial charge is 0.370 e.